The van der Waals surface area contributed by atoms with Crippen molar-refractivity contribution in [1.82, 2.24) is 9.80 Å². The maximum atomic E-state index is 12.9. The van der Waals surface area contributed by atoms with Gasteiger partial charge in [0.15, 0.2) is 0 Å². The molecule has 3 aliphatic rings. The quantitative estimate of drug-likeness (QED) is 0.796. The molecule has 2 heterocycles. The fraction of sp³-hybridized carbons (Fsp3) is 0.857. The third kappa shape index (κ3) is 2.73. The number of amides is 2. The van der Waals surface area contributed by atoms with Crippen molar-refractivity contribution in [2.75, 3.05) is 18.9 Å². The van der Waals surface area contributed by atoms with Crippen molar-refractivity contribution >= 4 is 23.8 Å². The maximum Gasteiger partial charge on any atom is 0.327 e. The number of nitrogens with zero attached hydrogens (tertiary/aromatic N) is 2. The first-order chi connectivity index (χ1) is 10.1. The van der Waals surface area contributed by atoms with E-state index in [0.717, 1.165) is 25.7 Å². The first-order valence-corrected chi connectivity index (χ1v) is 8.69. The summed E-state index contributed by atoms with van der Waals surface area (Å²) in [5, 5.41) is 9.25. The molecule has 4 atom stereocenters. The number of carbonyl (C=O) groups is 2. The molecule has 7 heteroatoms. The van der Waals surface area contributed by atoms with Gasteiger partial charge in [-0.3, -0.25) is 4.90 Å². The van der Waals surface area contributed by atoms with Gasteiger partial charge < -0.3 is 14.7 Å². The van der Waals surface area contributed by atoms with E-state index in [1.165, 1.54) is 11.8 Å². The predicted molar refractivity (Wildman–Crippen MR) is 79.3 cm³/mol. The largest absolute Gasteiger partial charge is 0.480 e. The Kier molecular flexibility index (Phi) is 4.31. The summed E-state index contributed by atoms with van der Waals surface area (Å²) in [6.07, 6.45) is 4.35. The molecule has 4 unspecified atom stereocenters. The smallest absolute Gasteiger partial charge is 0.327 e. The summed E-state index contributed by atoms with van der Waals surface area (Å²) in [4.78, 5) is 27.7. The minimum absolute atomic E-state index is 0.0801. The van der Waals surface area contributed by atoms with Crippen LogP contribution in [0, 0.1) is 0 Å². The van der Waals surface area contributed by atoms with Crippen molar-refractivity contribution in [1.29, 1.82) is 0 Å². The van der Waals surface area contributed by atoms with Crippen molar-refractivity contribution in [2.45, 2.75) is 56.2 Å². The number of carboxylic acid groups (broad SMARTS) is 1. The molecule has 2 amide bonds. The number of thioether (sulfide) groups is 1. The highest BCUT2D eigenvalue weighted by Gasteiger charge is 2.45. The Morgan fingerprint density at radius 1 is 1.29 bits per heavy atom. The molecule has 3 rings (SSSR count). The Morgan fingerprint density at radius 2 is 2.05 bits per heavy atom. The summed E-state index contributed by atoms with van der Waals surface area (Å²) in [7, 11) is 0. The topological polar surface area (TPSA) is 70.1 Å². The lowest BCUT2D eigenvalue weighted by atomic mass is 9.90. The van der Waals surface area contributed by atoms with Crippen molar-refractivity contribution in [2.24, 2.45) is 0 Å². The van der Waals surface area contributed by atoms with E-state index in [-0.39, 0.29) is 23.6 Å². The zero-order valence-electron chi connectivity index (χ0n) is 12.2. The molecule has 0 aromatic carbocycles. The molecular weight excluding hydrogens is 292 g/mol. The molecule has 3 fully saturated rings. The monoisotopic (exact) mass is 314 g/mol. The second-order valence-corrected chi connectivity index (χ2v) is 7.28. The number of carboxylic acids is 1. The molecule has 0 spiro atoms. The number of hydrogen-bond donors (Lipinski definition) is 1. The van der Waals surface area contributed by atoms with Crippen molar-refractivity contribution < 1.29 is 19.4 Å². The molecule has 118 valence electrons. The summed E-state index contributed by atoms with van der Waals surface area (Å²) >= 11 is 1.53. The van der Waals surface area contributed by atoms with E-state index in [1.54, 1.807) is 4.90 Å². The van der Waals surface area contributed by atoms with Crippen molar-refractivity contribution in [3.8, 4) is 0 Å². The number of hydrogen-bond acceptors (Lipinski definition) is 4. The van der Waals surface area contributed by atoms with Crippen LogP contribution in [0.5, 0.6) is 0 Å². The van der Waals surface area contributed by atoms with Crippen LogP contribution in [0.2, 0.25) is 0 Å². The minimum atomic E-state index is -0.909. The molecule has 6 nitrogen and oxygen atoms in total. The van der Waals surface area contributed by atoms with Crippen LogP contribution in [0.15, 0.2) is 0 Å². The summed E-state index contributed by atoms with van der Waals surface area (Å²) in [5.74, 6) is -0.436. The number of aliphatic carboxylic acids is 1. The molecular formula is C14H22N2O4S. The van der Waals surface area contributed by atoms with Gasteiger partial charge >= 0.3 is 12.0 Å². The van der Waals surface area contributed by atoms with E-state index >= 15 is 0 Å². The van der Waals surface area contributed by atoms with E-state index in [1.807, 2.05) is 11.8 Å². The second kappa shape index (κ2) is 6.04. The van der Waals surface area contributed by atoms with Gasteiger partial charge in [-0.15, -0.1) is 11.8 Å². The van der Waals surface area contributed by atoms with Crippen LogP contribution >= 0.6 is 11.8 Å². The van der Waals surface area contributed by atoms with Gasteiger partial charge in [0.05, 0.1) is 24.1 Å². The Hall–Kier alpha value is -0.950. The van der Waals surface area contributed by atoms with Gasteiger partial charge in [0, 0.05) is 12.3 Å². The Labute approximate surface area is 128 Å². The van der Waals surface area contributed by atoms with E-state index in [0.29, 0.717) is 18.9 Å². The van der Waals surface area contributed by atoms with Gasteiger partial charge in [0.25, 0.3) is 0 Å². The third-order valence-corrected chi connectivity index (χ3v) is 5.92. The maximum absolute atomic E-state index is 12.9. The summed E-state index contributed by atoms with van der Waals surface area (Å²) in [6.45, 7) is 3.03. The molecule has 0 radical (unpaired) electrons. The summed E-state index contributed by atoms with van der Waals surface area (Å²) in [6, 6.07) is -0.713. The fourth-order valence-corrected chi connectivity index (χ4v) is 4.77. The van der Waals surface area contributed by atoms with E-state index in [4.69, 9.17) is 4.74 Å². The number of fused-ring (bicyclic) bond motifs is 1. The molecule has 0 aromatic heterocycles. The number of carbonyl (C=O) groups excluding carboxylic acids is 1. The predicted octanol–water partition coefficient (Wildman–Crippen LogP) is 1.60. The number of rotatable bonds is 1. The number of ether oxygens (including phenoxy) is 1. The molecule has 0 aromatic rings. The second-order valence-electron chi connectivity index (χ2n) is 5.93. The highest BCUT2D eigenvalue weighted by atomic mass is 32.2. The van der Waals surface area contributed by atoms with Gasteiger partial charge in [-0.1, -0.05) is 12.8 Å². The zero-order valence-corrected chi connectivity index (χ0v) is 13.1. The highest BCUT2D eigenvalue weighted by Crippen LogP contribution is 2.34. The van der Waals surface area contributed by atoms with Crippen LogP contribution < -0.4 is 0 Å². The van der Waals surface area contributed by atoms with Gasteiger partial charge in [0.2, 0.25) is 0 Å². The molecule has 1 saturated carbocycles. The van der Waals surface area contributed by atoms with E-state index < -0.39 is 12.0 Å². The number of morpholine rings is 1. The van der Waals surface area contributed by atoms with Crippen LogP contribution in [0.4, 0.5) is 4.79 Å². The Bertz CT molecular complexity index is 431. The number of urea groups is 1. The summed E-state index contributed by atoms with van der Waals surface area (Å²) < 4.78 is 5.79. The van der Waals surface area contributed by atoms with E-state index in [2.05, 4.69) is 0 Å². The molecule has 21 heavy (non-hydrogen) atoms. The Balaban J connectivity index is 1.78. The SMILES string of the molecule is CC1SCC(C(=O)O)N1C(=O)N1CCOC2CCCCC21. The standard InChI is InChI=1S/C14H22N2O4S/c1-9-16(11(8-21-9)13(17)18)14(19)15-6-7-20-12-5-3-2-4-10(12)15/h9-12H,2-8H2,1H3,(H,17,18). The first kappa shape index (κ1) is 15.0. The lowest BCUT2D eigenvalue weighted by Crippen LogP contribution is -2.60. The van der Waals surface area contributed by atoms with Crippen LogP contribution in [-0.4, -0.2) is 69.4 Å². The first-order valence-electron chi connectivity index (χ1n) is 7.64. The van der Waals surface area contributed by atoms with Crippen LogP contribution in [0.1, 0.15) is 32.6 Å². The lowest BCUT2D eigenvalue weighted by molar-refractivity contribution is -0.141. The third-order valence-electron chi connectivity index (χ3n) is 4.71. The molecule has 2 aliphatic heterocycles. The van der Waals surface area contributed by atoms with Crippen LogP contribution in [-0.2, 0) is 9.53 Å². The average Bonchev–Trinajstić information content (AvgIpc) is 2.88. The van der Waals surface area contributed by atoms with Crippen molar-refractivity contribution in [3.05, 3.63) is 0 Å². The van der Waals surface area contributed by atoms with Gasteiger partial charge in [0.1, 0.15) is 6.04 Å². The molecule has 1 aliphatic carbocycles. The van der Waals surface area contributed by atoms with E-state index in [9.17, 15) is 14.7 Å². The molecule has 1 N–H and O–H groups in total. The molecule has 0 bridgehead atoms. The highest BCUT2D eigenvalue weighted by molar-refractivity contribution is 8.00. The zero-order chi connectivity index (χ0) is 15.0. The molecule has 2 saturated heterocycles. The van der Waals surface area contributed by atoms with Gasteiger partial charge in [-0.25, -0.2) is 9.59 Å². The fourth-order valence-electron chi connectivity index (χ4n) is 3.61. The van der Waals surface area contributed by atoms with Crippen LogP contribution in [0.3, 0.4) is 0 Å². The van der Waals surface area contributed by atoms with Gasteiger partial charge in [-0.05, 0) is 19.8 Å². The van der Waals surface area contributed by atoms with Gasteiger partial charge in [-0.2, -0.15) is 0 Å². The van der Waals surface area contributed by atoms with Crippen molar-refractivity contribution in [3.63, 3.8) is 0 Å². The van der Waals surface area contributed by atoms with Crippen LogP contribution in [0.25, 0.3) is 0 Å². The Morgan fingerprint density at radius 3 is 2.81 bits per heavy atom. The lowest BCUT2D eigenvalue weighted by Gasteiger charge is -2.45. The average molecular weight is 314 g/mol. The normalized spacial score (nSPS) is 36.4. The summed E-state index contributed by atoms with van der Waals surface area (Å²) in [5.41, 5.74) is 0. The minimum Gasteiger partial charge on any atom is -0.480 e.